The number of aromatic nitrogens is 2. The molecule has 1 aliphatic rings. The van der Waals surface area contributed by atoms with Crippen LogP contribution in [-0.2, 0) is 12.8 Å². The highest BCUT2D eigenvalue weighted by Crippen LogP contribution is 2.25. The summed E-state index contributed by atoms with van der Waals surface area (Å²) in [4.78, 5) is 4.75. The normalized spacial score (nSPS) is 13.9. The maximum atomic E-state index is 4.75. The molecule has 0 unspecified atom stereocenters. The largest absolute Gasteiger partial charge is 0.306 e. The quantitative estimate of drug-likeness (QED) is 0.640. The third kappa shape index (κ3) is 1.75. The van der Waals surface area contributed by atoms with Crippen molar-refractivity contribution < 1.29 is 0 Å². The molecule has 2 heterocycles. The van der Waals surface area contributed by atoms with E-state index in [1.807, 2.05) is 0 Å². The molecule has 4 rings (SSSR count). The second kappa shape index (κ2) is 3.95. The third-order valence-corrected chi connectivity index (χ3v) is 4.01. The van der Waals surface area contributed by atoms with E-state index in [1.54, 1.807) is 0 Å². The van der Waals surface area contributed by atoms with E-state index in [0.717, 1.165) is 11.3 Å². The van der Waals surface area contributed by atoms with Crippen LogP contribution < -0.4 is 0 Å². The van der Waals surface area contributed by atoms with Gasteiger partial charge in [0.15, 0.2) is 0 Å². The summed E-state index contributed by atoms with van der Waals surface area (Å²) in [5.74, 6) is 0. The first kappa shape index (κ1) is 10.8. The predicted octanol–water partition coefficient (Wildman–Crippen LogP) is 3.80. The van der Waals surface area contributed by atoms with E-state index in [2.05, 4.69) is 54.0 Å². The Morgan fingerprint density at radius 2 is 1.79 bits per heavy atom. The lowest BCUT2D eigenvalue weighted by Gasteiger charge is -1.99. The second-order valence-corrected chi connectivity index (χ2v) is 5.44. The maximum Gasteiger partial charge on any atom is 0.137 e. The Hall–Kier alpha value is -2.09. The van der Waals surface area contributed by atoms with Crippen LogP contribution in [0.3, 0.4) is 0 Å². The zero-order chi connectivity index (χ0) is 12.8. The zero-order valence-electron chi connectivity index (χ0n) is 11.1. The van der Waals surface area contributed by atoms with Crippen LogP contribution in [0, 0.1) is 6.92 Å². The smallest absolute Gasteiger partial charge is 0.137 e. The molecule has 0 saturated carbocycles. The van der Waals surface area contributed by atoms with E-state index in [1.165, 1.54) is 41.5 Å². The Labute approximate surface area is 112 Å². The van der Waals surface area contributed by atoms with Gasteiger partial charge < -0.3 is 4.40 Å². The summed E-state index contributed by atoms with van der Waals surface area (Å²) < 4.78 is 2.17. The highest BCUT2D eigenvalue weighted by molar-refractivity contribution is 5.63. The summed E-state index contributed by atoms with van der Waals surface area (Å²) in [7, 11) is 0. The molecule has 0 fully saturated rings. The number of fused-ring (bicyclic) bond motifs is 2. The van der Waals surface area contributed by atoms with Crippen LogP contribution >= 0.6 is 0 Å². The topological polar surface area (TPSA) is 17.3 Å². The van der Waals surface area contributed by atoms with Gasteiger partial charge in [-0.25, -0.2) is 4.98 Å². The molecule has 0 saturated heterocycles. The van der Waals surface area contributed by atoms with Gasteiger partial charge >= 0.3 is 0 Å². The molecular weight excluding hydrogens is 232 g/mol. The van der Waals surface area contributed by atoms with Crippen LogP contribution in [0.5, 0.6) is 0 Å². The van der Waals surface area contributed by atoms with Crippen LogP contribution in [0.25, 0.3) is 16.9 Å². The van der Waals surface area contributed by atoms with Crippen molar-refractivity contribution >= 4 is 5.65 Å². The van der Waals surface area contributed by atoms with E-state index in [9.17, 15) is 0 Å². The van der Waals surface area contributed by atoms with Gasteiger partial charge in [-0.2, -0.15) is 0 Å². The number of rotatable bonds is 1. The number of imidazole rings is 1. The first-order chi connectivity index (χ1) is 9.29. The van der Waals surface area contributed by atoms with Crippen molar-refractivity contribution in [2.75, 3.05) is 0 Å². The van der Waals surface area contributed by atoms with Gasteiger partial charge in [0.2, 0.25) is 0 Å². The van der Waals surface area contributed by atoms with Gasteiger partial charge in [-0.05, 0) is 43.4 Å². The van der Waals surface area contributed by atoms with Gasteiger partial charge in [-0.15, -0.1) is 0 Å². The summed E-state index contributed by atoms with van der Waals surface area (Å²) >= 11 is 0. The van der Waals surface area contributed by atoms with Gasteiger partial charge in [-0.1, -0.05) is 29.8 Å². The van der Waals surface area contributed by atoms with Crippen LogP contribution in [0.15, 0.2) is 42.7 Å². The fraction of sp³-hybridized carbons (Fsp3) is 0.235. The molecule has 0 aliphatic heterocycles. The second-order valence-electron chi connectivity index (χ2n) is 5.44. The van der Waals surface area contributed by atoms with E-state index < -0.39 is 0 Å². The average Bonchev–Trinajstić information content (AvgIpc) is 3.01. The molecule has 0 amide bonds. The number of hydrogen-bond acceptors (Lipinski definition) is 1. The molecule has 2 nitrogen and oxygen atoms in total. The van der Waals surface area contributed by atoms with Crippen molar-refractivity contribution in [3.05, 3.63) is 59.4 Å². The maximum absolute atomic E-state index is 4.75. The minimum atomic E-state index is 1.06. The minimum absolute atomic E-state index is 1.06. The summed E-state index contributed by atoms with van der Waals surface area (Å²) in [5.41, 5.74) is 7.56. The zero-order valence-corrected chi connectivity index (χ0v) is 11.1. The highest BCUT2D eigenvalue weighted by Gasteiger charge is 2.13. The fourth-order valence-corrected chi connectivity index (χ4v) is 2.91. The Morgan fingerprint density at radius 3 is 2.63 bits per heavy atom. The molecule has 3 aromatic rings. The fourth-order valence-electron chi connectivity index (χ4n) is 2.91. The van der Waals surface area contributed by atoms with Crippen LogP contribution in [-0.4, -0.2) is 9.38 Å². The number of pyridine rings is 1. The lowest BCUT2D eigenvalue weighted by Crippen LogP contribution is -1.88. The van der Waals surface area contributed by atoms with Crippen molar-refractivity contribution in [2.24, 2.45) is 0 Å². The summed E-state index contributed by atoms with van der Waals surface area (Å²) in [6, 6.07) is 10.8. The first-order valence-corrected chi connectivity index (χ1v) is 6.87. The Morgan fingerprint density at radius 1 is 1.00 bits per heavy atom. The highest BCUT2D eigenvalue weighted by atomic mass is 15.0. The molecule has 19 heavy (non-hydrogen) atoms. The van der Waals surface area contributed by atoms with Gasteiger partial charge in [0, 0.05) is 18.0 Å². The monoisotopic (exact) mass is 248 g/mol. The van der Waals surface area contributed by atoms with E-state index in [-0.39, 0.29) is 0 Å². The SMILES string of the molecule is Cc1ccc(-c2cn3cc4c(cc3n2)CCC4)cc1. The molecule has 94 valence electrons. The molecule has 0 bridgehead atoms. The van der Waals surface area contributed by atoms with Crippen molar-refractivity contribution in [1.82, 2.24) is 9.38 Å². The van der Waals surface area contributed by atoms with Gasteiger partial charge in [0.25, 0.3) is 0 Å². The molecular formula is C17H16N2. The standard InChI is InChI=1S/C17H16N2/c1-12-5-7-13(8-6-12)16-11-19-10-15-4-2-3-14(15)9-17(19)18-16/h5-11H,2-4H2,1H3. The number of aryl methyl sites for hydroxylation is 3. The molecule has 2 aromatic heterocycles. The van der Waals surface area contributed by atoms with Crippen LogP contribution in [0.4, 0.5) is 0 Å². The van der Waals surface area contributed by atoms with Gasteiger partial charge in [-0.3, -0.25) is 0 Å². The molecule has 0 spiro atoms. The Balaban J connectivity index is 1.86. The van der Waals surface area contributed by atoms with Crippen LogP contribution in [0.2, 0.25) is 0 Å². The number of nitrogens with zero attached hydrogens (tertiary/aromatic N) is 2. The summed E-state index contributed by atoms with van der Waals surface area (Å²) in [6.45, 7) is 2.11. The average molecular weight is 248 g/mol. The number of benzene rings is 1. The third-order valence-electron chi connectivity index (χ3n) is 4.01. The Bertz CT molecular complexity index is 710. The van der Waals surface area contributed by atoms with Crippen molar-refractivity contribution in [3.8, 4) is 11.3 Å². The van der Waals surface area contributed by atoms with E-state index >= 15 is 0 Å². The number of hydrogen-bond donors (Lipinski definition) is 0. The van der Waals surface area contributed by atoms with Crippen molar-refractivity contribution in [2.45, 2.75) is 26.2 Å². The summed E-state index contributed by atoms with van der Waals surface area (Å²) in [6.07, 6.45) is 8.09. The van der Waals surface area contributed by atoms with Crippen molar-refractivity contribution in [3.63, 3.8) is 0 Å². The Kier molecular flexibility index (Phi) is 2.25. The molecule has 0 radical (unpaired) electrons. The lowest BCUT2D eigenvalue weighted by atomic mass is 10.1. The first-order valence-electron chi connectivity index (χ1n) is 6.87. The van der Waals surface area contributed by atoms with E-state index in [4.69, 9.17) is 4.98 Å². The molecule has 0 N–H and O–H groups in total. The lowest BCUT2D eigenvalue weighted by molar-refractivity contribution is 0.910. The van der Waals surface area contributed by atoms with Gasteiger partial charge in [0.05, 0.1) is 5.69 Å². The van der Waals surface area contributed by atoms with Crippen molar-refractivity contribution in [1.29, 1.82) is 0 Å². The molecule has 0 atom stereocenters. The molecule has 2 heteroatoms. The molecule has 1 aliphatic carbocycles. The minimum Gasteiger partial charge on any atom is -0.306 e. The van der Waals surface area contributed by atoms with E-state index in [0.29, 0.717) is 0 Å². The predicted molar refractivity (Wildman–Crippen MR) is 77.4 cm³/mol. The van der Waals surface area contributed by atoms with Crippen LogP contribution in [0.1, 0.15) is 23.1 Å². The summed E-state index contributed by atoms with van der Waals surface area (Å²) in [5, 5.41) is 0. The van der Waals surface area contributed by atoms with Gasteiger partial charge in [0.1, 0.15) is 5.65 Å². The molecule has 1 aromatic carbocycles.